The van der Waals surface area contributed by atoms with Crippen LogP contribution in [-0.4, -0.2) is 12.5 Å². The minimum absolute atomic E-state index is 0.297. The third-order valence-corrected chi connectivity index (χ3v) is 1.98. The largest absolute Gasteiger partial charge is 0.370 e. The van der Waals surface area contributed by atoms with E-state index in [1.807, 2.05) is 12.1 Å². The van der Waals surface area contributed by atoms with E-state index in [9.17, 15) is 0 Å². The molecule has 1 rings (SSSR count). The summed E-state index contributed by atoms with van der Waals surface area (Å²) in [5, 5.41) is 2.96. The number of rotatable bonds is 3. The fourth-order valence-electron chi connectivity index (χ4n) is 1.14. The van der Waals surface area contributed by atoms with Gasteiger partial charge in [-0.1, -0.05) is 25.0 Å². The van der Waals surface area contributed by atoms with Crippen molar-refractivity contribution in [1.29, 1.82) is 0 Å². The zero-order valence-corrected chi connectivity index (χ0v) is 8.83. The molecule has 0 aromatic heterocycles. The first-order chi connectivity index (χ1) is 7.26. The molecule has 15 heavy (non-hydrogen) atoms. The first-order valence-corrected chi connectivity index (χ1v) is 4.85. The lowest BCUT2D eigenvalue weighted by Gasteiger charge is -2.05. The minimum Gasteiger partial charge on any atom is -0.370 e. The van der Waals surface area contributed by atoms with Crippen LogP contribution in [0.1, 0.15) is 12.5 Å². The summed E-state index contributed by atoms with van der Waals surface area (Å²) in [6.45, 7) is 2.41. The lowest BCUT2D eigenvalue weighted by atomic mass is 10.1. The van der Waals surface area contributed by atoms with Gasteiger partial charge < -0.3 is 11.1 Å². The smallest absolute Gasteiger partial charge is 0.194 e. The van der Waals surface area contributed by atoms with Gasteiger partial charge in [0.1, 0.15) is 6.54 Å². The molecule has 3 N–H and O–H groups in total. The van der Waals surface area contributed by atoms with Crippen LogP contribution in [0.2, 0.25) is 0 Å². The molecule has 0 saturated carbocycles. The van der Waals surface area contributed by atoms with Crippen molar-refractivity contribution in [1.82, 2.24) is 0 Å². The molecule has 0 aliphatic carbocycles. The van der Waals surface area contributed by atoms with Crippen LogP contribution in [0.5, 0.6) is 0 Å². The number of nitrogens with two attached hydrogens (primary N) is 1. The van der Waals surface area contributed by atoms with Crippen molar-refractivity contribution < 1.29 is 0 Å². The molecule has 0 atom stereocenters. The van der Waals surface area contributed by atoms with Crippen molar-refractivity contribution >= 4 is 11.6 Å². The Bertz CT molecular complexity index is 371. The van der Waals surface area contributed by atoms with Crippen molar-refractivity contribution in [2.45, 2.75) is 13.3 Å². The summed E-state index contributed by atoms with van der Waals surface area (Å²) >= 11 is 0. The van der Waals surface area contributed by atoms with Crippen LogP contribution in [0.4, 0.5) is 5.69 Å². The number of hydrogen-bond acceptors (Lipinski definition) is 1. The van der Waals surface area contributed by atoms with E-state index in [4.69, 9.17) is 12.2 Å². The van der Waals surface area contributed by atoms with Crippen molar-refractivity contribution in [2.75, 3.05) is 11.9 Å². The average Bonchev–Trinajstić information content (AvgIpc) is 2.27. The molecule has 0 unspecified atom stereocenters. The summed E-state index contributed by atoms with van der Waals surface area (Å²) in [5.74, 6) is 2.74. The lowest BCUT2D eigenvalue weighted by Crippen LogP contribution is -2.22. The molecule has 0 aliphatic rings. The van der Waals surface area contributed by atoms with Crippen LogP contribution < -0.4 is 11.1 Å². The fourth-order valence-corrected chi connectivity index (χ4v) is 1.14. The molecule has 1 aromatic rings. The molecule has 3 heteroatoms. The van der Waals surface area contributed by atoms with E-state index in [-0.39, 0.29) is 0 Å². The van der Waals surface area contributed by atoms with Gasteiger partial charge in [-0.15, -0.1) is 6.42 Å². The number of terminal acetylenes is 1. The number of guanidine groups is 1. The second kappa shape index (κ2) is 5.71. The summed E-state index contributed by atoms with van der Waals surface area (Å²) in [5.41, 5.74) is 7.82. The second-order valence-corrected chi connectivity index (χ2v) is 3.08. The van der Waals surface area contributed by atoms with E-state index in [1.165, 1.54) is 5.56 Å². The number of aryl methyl sites for hydroxylation is 1. The van der Waals surface area contributed by atoms with Gasteiger partial charge >= 0.3 is 0 Å². The number of nitrogens with zero attached hydrogens (tertiary/aromatic N) is 1. The van der Waals surface area contributed by atoms with Gasteiger partial charge in [-0.2, -0.15) is 0 Å². The Morgan fingerprint density at radius 1 is 1.47 bits per heavy atom. The number of aliphatic imine (C=N–C) groups is 1. The Morgan fingerprint density at radius 3 is 2.67 bits per heavy atom. The summed E-state index contributed by atoms with van der Waals surface area (Å²) in [7, 11) is 0. The molecule has 0 heterocycles. The first-order valence-electron chi connectivity index (χ1n) is 4.85. The van der Waals surface area contributed by atoms with Crippen LogP contribution in [-0.2, 0) is 6.42 Å². The van der Waals surface area contributed by atoms with E-state index < -0.39 is 0 Å². The van der Waals surface area contributed by atoms with Gasteiger partial charge in [0.05, 0.1) is 0 Å². The van der Waals surface area contributed by atoms with Crippen LogP contribution in [0.15, 0.2) is 29.3 Å². The second-order valence-electron chi connectivity index (χ2n) is 3.08. The molecule has 1 aromatic carbocycles. The number of hydrogen-bond donors (Lipinski definition) is 2. The normalized spacial score (nSPS) is 10.8. The molecule has 78 valence electrons. The topological polar surface area (TPSA) is 50.4 Å². The molecule has 0 saturated heterocycles. The first kappa shape index (κ1) is 11.1. The maximum absolute atomic E-state index is 5.61. The van der Waals surface area contributed by atoms with E-state index in [2.05, 4.69) is 35.3 Å². The summed E-state index contributed by atoms with van der Waals surface area (Å²) in [6, 6.07) is 8.04. The maximum atomic E-state index is 5.61. The molecule has 3 nitrogen and oxygen atoms in total. The van der Waals surface area contributed by atoms with E-state index in [0.717, 1.165) is 12.1 Å². The van der Waals surface area contributed by atoms with Crippen molar-refractivity contribution in [3.8, 4) is 12.3 Å². The molecule has 0 amide bonds. The highest BCUT2D eigenvalue weighted by molar-refractivity contribution is 5.92. The Kier molecular flexibility index (Phi) is 4.24. The maximum Gasteiger partial charge on any atom is 0.194 e. The fraction of sp³-hybridized carbons (Fsp3) is 0.250. The van der Waals surface area contributed by atoms with Gasteiger partial charge in [-0.25, -0.2) is 4.99 Å². The van der Waals surface area contributed by atoms with Gasteiger partial charge in [0.15, 0.2) is 5.96 Å². The zero-order valence-electron chi connectivity index (χ0n) is 8.83. The molecular weight excluding hydrogens is 186 g/mol. The Labute approximate surface area is 90.4 Å². The van der Waals surface area contributed by atoms with Crippen molar-refractivity contribution in [3.63, 3.8) is 0 Å². The zero-order chi connectivity index (χ0) is 11.1. The molecule has 0 radical (unpaired) electrons. The van der Waals surface area contributed by atoms with Gasteiger partial charge in [0.25, 0.3) is 0 Å². The third kappa shape index (κ3) is 3.74. The SMILES string of the molecule is C#CCN=C(N)Nc1ccc(CC)cc1. The summed E-state index contributed by atoms with van der Waals surface area (Å²) in [6.07, 6.45) is 6.10. The van der Waals surface area contributed by atoms with E-state index in [1.54, 1.807) is 0 Å². The highest BCUT2D eigenvalue weighted by Crippen LogP contribution is 2.09. The summed E-state index contributed by atoms with van der Waals surface area (Å²) in [4.78, 5) is 3.93. The van der Waals surface area contributed by atoms with Crippen LogP contribution >= 0.6 is 0 Å². The predicted molar refractivity (Wildman–Crippen MR) is 64.8 cm³/mol. The van der Waals surface area contributed by atoms with E-state index >= 15 is 0 Å². The van der Waals surface area contributed by atoms with Gasteiger partial charge in [0.2, 0.25) is 0 Å². The van der Waals surface area contributed by atoms with Crippen LogP contribution in [0.25, 0.3) is 0 Å². The predicted octanol–water partition coefficient (Wildman–Crippen LogP) is 1.61. The van der Waals surface area contributed by atoms with Crippen molar-refractivity contribution in [2.24, 2.45) is 10.7 Å². The average molecular weight is 201 g/mol. The minimum atomic E-state index is 0.297. The highest BCUT2D eigenvalue weighted by atomic mass is 15.1. The lowest BCUT2D eigenvalue weighted by molar-refractivity contribution is 1.14. The molecule has 0 aliphatic heterocycles. The van der Waals surface area contributed by atoms with Crippen LogP contribution in [0.3, 0.4) is 0 Å². The standard InChI is InChI=1S/C12H15N3/c1-3-9-14-12(13)15-11-7-5-10(4-2)6-8-11/h1,5-8H,4,9H2,2H3,(H3,13,14,15). The Hall–Kier alpha value is -1.95. The Morgan fingerprint density at radius 2 is 2.13 bits per heavy atom. The number of nitrogens with one attached hydrogen (secondary N) is 1. The highest BCUT2D eigenvalue weighted by Gasteiger charge is 1.94. The van der Waals surface area contributed by atoms with Crippen molar-refractivity contribution in [3.05, 3.63) is 29.8 Å². The quantitative estimate of drug-likeness (QED) is 0.443. The third-order valence-electron chi connectivity index (χ3n) is 1.98. The van der Waals surface area contributed by atoms with E-state index in [0.29, 0.717) is 12.5 Å². The molecule has 0 fully saturated rings. The Balaban J connectivity index is 2.61. The van der Waals surface area contributed by atoms with Gasteiger partial charge in [0, 0.05) is 5.69 Å². The molecule has 0 spiro atoms. The number of anilines is 1. The van der Waals surface area contributed by atoms with Crippen LogP contribution in [0, 0.1) is 12.3 Å². The monoisotopic (exact) mass is 201 g/mol. The molecule has 0 bridgehead atoms. The van der Waals surface area contributed by atoms with Gasteiger partial charge in [-0.3, -0.25) is 0 Å². The number of benzene rings is 1. The van der Waals surface area contributed by atoms with Gasteiger partial charge in [-0.05, 0) is 24.1 Å². The summed E-state index contributed by atoms with van der Waals surface area (Å²) < 4.78 is 0. The molecular formula is C12H15N3.